The average molecular weight is 351 g/mol. The molecular weight excluding hydrogens is 329 g/mol. The zero-order valence-electron chi connectivity index (χ0n) is 14.9. The quantitative estimate of drug-likeness (QED) is 0.672. The van der Waals surface area contributed by atoms with Crippen LogP contribution in [-0.4, -0.2) is 30.6 Å². The number of hydrogen-bond acceptors (Lipinski definition) is 5. The molecule has 1 heterocycles. The monoisotopic (exact) mass is 351 g/mol. The van der Waals surface area contributed by atoms with Crippen molar-refractivity contribution in [3.8, 4) is 0 Å². The average Bonchev–Trinajstić information content (AvgIpc) is 2.64. The fourth-order valence-electron chi connectivity index (χ4n) is 2.48. The van der Waals surface area contributed by atoms with E-state index in [1.165, 1.54) is 12.1 Å². The standard InChI is InChI=1S/C20H22FN5/c1-26(2)18-9-7-17(8-10-18)24-20-23-14-12-19(25-20)22-13-11-15-3-5-16(21)6-4-15/h3-10,12,14H,11,13H2,1-2H3,(H2,22,23,24,25). The molecule has 0 aliphatic rings. The molecule has 26 heavy (non-hydrogen) atoms. The van der Waals surface area contributed by atoms with Crippen molar-refractivity contribution in [2.45, 2.75) is 6.42 Å². The lowest BCUT2D eigenvalue weighted by Crippen LogP contribution is -2.09. The Morgan fingerprint density at radius 1 is 0.962 bits per heavy atom. The second-order valence-corrected chi connectivity index (χ2v) is 6.14. The van der Waals surface area contributed by atoms with Crippen LogP contribution in [0.3, 0.4) is 0 Å². The van der Waals surface area contributed by atoms with Crippen molar-refractivity contribution in [3.05, 3.63) is 72.2 Å². The van der Waals surface area contributed by atoms with Gasteiger partial charge in [0.2, 0.25) is 5.95 Å². The van der Waals surface area contributed by atoms with Crippen molar-refractivity contribution < 1.29 is 4.39 Å². The Labute approximate surface area is 152 Å². The molecular formula is C20H22FN5. The molecule has 0 aliphatic heterocycles. The Hall–Kier alpha value is -3.15. The first-order chi connectivity index (χ1) is 12.6. The van der Waals surface area contributed by atoms with Crippen molar-refractivity contribution in [2.24, 2.45) is 0 Å². The molecule has 2 N–H and O–H groups in total. The van der Waals surface area contributed by atoms with Gasteiger partial charge in [-0.2, -0.15) is 4.98 Å². The third-order valence-corrected chi connectivity index (χ3v) is 3.93. The van der Waals surface area contributed by atoms with E-state index in [9.17, 15) is 4.39 Å². The lowest BCUT2D eigenvalue weighted by Gasteiger charge is -2.13. The van der Waals surface area contributed by atoms with Crippen LogP contribution >= 0.6 is 0 Å². The number of aromatic nitrogens is 2. The maximum atomic E-state index is 12.9. The Bertz CT molecular complexity index is 832. The molecule has 0 spiro atoms. The predicted molar refractivity (Wildman–Crippen MR) is 105 cm³/mol. The molecule has 1 aromatic heterocycles. The zero-order valence-corrected chi connectivity index (χ0v) is 14.9. The Morgan fingerprint density at radius 2 is 1.69 bits per heavy atom. The Kier molecular flexibility index (Phi) is 5.63. The molecule has 6 heteroatoms. The predicted octanol–water partition coefficient (Wildman–Crippen LogP) is 4.08. The molecule has 3 aromatic rings. The molecule has 0 saturated heterocycles. The van der Waals surface area contributed by atoms with E-state index in [-0.39, 0.29) is 5.82 Å². The summed E-state index contributed by atoms with van der Waals surface area (Å²) in [6, 6.07) is 16.4. The summed E-state index contributed by atoms with van der Waals surface area (Å²) in [6.45, 7) is 0.708. The Morgan fingerprint density at radius 3 is 2.38 bits per heavy atom. The van der Waals surface area contributed by atoms with Crippen LogP contribution in [0.4, 0.5) is 27.5 Å². The maximum absolute atomic E-state index is 12.9. The normalized spacial score (nSPS) is 10.4. The molecule has 0 bridgehead atoms. The minimum absolute atomic E-state index is 0.216. The van der Waals surface area contributed by atoms with Crippen LogP contribution in [0.2, 0.25) is 0 Å². The van der Waals surface area contributed by atoms with Crippen LogP contribution in [0.1, 0.15) is 5.56 Å². The van der Waals surface area contributed by atoms with E-state index < -0.39 is 0 Å². The summed E-state index contributed by atoms with van der Waals surface area (Å²) in [4.78, 5) is 10.8. The van der Waals surface area contributed by atoms with Gasteiger partial charge < -0.3 is 15.5 Å². The fraction of sp³-hybridized carbons (Fsp3) is 0.200. The third-order valence-electron chi connectivity index (χ3n) is 3.93. The fourth-order valence-corrected chi connectivity index (χ4v) is 2.48. The van der Waals surface area contributed by atoms with Gasteiger partial charge in [0.15, 0.2) is 0 Å². The van der Waals surface area contributed by atoms with Crippen molar-refractivity contribution in [3.63, 3.8) is 0 Å². The SMILES string of the molecule is CN(C)c1ccc(Nc2nccc(NCCc3ccc(F)cc3)n2)cc1. The molecule has 0 aliphatic carbocycles. The van der Waals surface area contributed by atoms with Gasteiger partial charge in [0.05, 0.1) is 0 Å². The first-order valence-corrected chi connectivity index (χ1v) is 8.46. The van der Waals surface area contributed by atoms with Gasteiger partial charge >= 0.3 is 0 Å². The summed E-state index contributed by atoms with van der Waals surface area (Å²) in [6.07, 6.45) is 2.50. The van der Waals surface area contributed by atoms with E-state index in [0.29, 0.717) is 12.5 Å². The van der Waals surface area contributed by atoms with Crippen LogP contribution in [-0.2, 0) is 6.42 Å². The highest BCUT2D eigenvalue weighted by atomic mass is 19.1. The first kappa shape index (κ1) is 17.7. The second-order valence-electron chi connectivity index (χ2n) is 6.14. The second kappa shape index (κ2) is 8.29. The van der Waals surface area contributed by atoms with Gasteiger partial charge in [-0.3, -0.25) is 0 Å². The number of nitrogens with zero attached hydrogens (tertiary/aromatic N) is 3. The molecule has 0 fully saturated rings. The van der Waals surface area contributed by atoms with Crippen LogP contribution in [0.15, 0.2) is 60.8 Å². The Balaban J connectivity index is 1.56. The third kappa shape index (κ3) is 4.92. The minimum Gasteiger partial charge on any atom is -0.378 e. The van der Waals surface area contributed by atoms with Crippen LogP contribution in [0, 0.1) is 5.82 Å². The van der Waals surface area contributed by atoms with Gasteiger partial charge in [-0.1, -0.05) is 12.1 Å². The number of halogens is 1. The van der Waals surface area contributed by atoms with Crippen LogP contribution < -0.4 is 15.5 Å². The molecule has 2 aromatic carbocycles. The maximum Gasteiger partial charge on any atom is 0.229 e. The summed E-state index contributed by atoms with van der Waals surface area (Å²) >= 11 is 0. The van der Waals surface area contributed by atoms with E-state index >= 15 is 0 Å². The van der Waals surface area contributed by atoms with Crippen LogP contribution in [0.5, 0.6) is 0 Å². The molecule has 3 rings (SSSR count). The van der Waals surface area contributed by atoms with Crippen molar-refractivity contribution in [1.29, 1.82) is 0 Å². The molecule has 0 atom stereocenters. The summed E-state index contributed by atoms with van der Waals surface area (Å²) in [5.41, 5.74) is 3.14. The number of nitrogens with one attached hydrogen (secondary N) is 2. The zero-order chi connectivity index (χ0) is 18.4. The molecule has 0 radical (unpaired) electrons. The lowest BCUT2D eigenvalue weighted by molar-refractivity contribution is 0.627. The van der Waals surface area contributed by atoms with E-state index in [0.717, 1.165) is 29.2 Å². The van der Waals surface area contributed by atoms with Gasteiger partial charge in [0, 0.05) is 38.2 Å². The van der Waals surface area contributed by atoms with E-state index in [1.807, 2.05) is 49.3 Å². The molecule has 134 valence electrons. The highest BCUT2D eigenvalue weighted by Gasteiger charge is 2.02. The topological polar surface area (TPSA) is 53.1 Å². The van der Waals surface area contributed by atoms with Crippen LogP contribution in [0.25, 0.3) is 0 Å². The van der Waals surface area contributed by atoms with E-state index in [1.54, 1.807) is 18.3 Å². The van der Waals surface area contributed by atoms with Gasteiger partial charge in [-0.05, 0) is 54.4 Å². The highest BCUT2D eigenvalue weighted by molar-refractivity contribution is 5.59. The number of rotatable bonds is 7. The van der Waals surface area contributed by atoms with Crippen molar-refractivity contribution in [1.82, 2.24) is 9.97 Å². The van der Waals surface area contributed by atoms with Gasteiger partial charge in [-0.15, -0.1) is 0 Å². The summed E-state index contributed by atoms with van der Waals surface area (Å²) in [5, 5.41) is 6.47. The molecule has 0 saturated carbocycles. The molecule has 5 nitrogen and oxygen atoms in total. The van der Waals surface area contributed by atoms with Crippen molar-refractivity contribution in [2.75, 3.05) is 36.2 Å². The number of benzene rings is 2. The summed E-state index contributed by atoms with van der Waals surface area (Å²) in [5.74, 6) is 1.07. The largest absolute Gasteiger partial charge is 0.378 e. The number of anilines is 4. The van der Waals surface area contributed by atoms with Crippen molar-refractivity contribution >= 4 is 23.1 Å². The van der Waals surface area contributed by atoms with Gasteiger partial charge in [0.1, 0.15) is 11.6 Å². The van der Waals surface area contributed by atoms with E-state index in [4.69, 9.17) is 0 Å². The lowest BCUT2D eigenvalue weighted by atomic mass is 10.1. The number of hydrogen-bond donors (Lipinski definition) is 2. The summed E-state index contributed by atoms with van der Waals surface area (Å²) < 4.78 is 12.9. The van der Waals surface area contributed by atoms with Gasteiger partial charge in [0.25, 0.3) is 0 Å². The summed E-state index contributed by atoms with van der Waals surface area (Å²) in [7, 11) is 4.01. The van der Waals surface area contributed by atoms with Gasteiger partial charge in [-0.25, -0.2) is 9.37 Å². The first-order valence-electron chi connectivity index (χ1n) is 8.46. The smallest absolute Gasteiger partial charge is 0.229 e. The highest BCUT2D eigenvalue weighted by Crippen LogP contribution is 2.18. The minimum atomic E-state index is -0.216. The molecule has 0 amide bonds. The molecule has 0 unspecified atom stereocenters. The van der Waals surface area contributed by atoms with E-state index in [2.05, 4.69) is 20.6 Å².